The Kier molecular flexibility index (Phi) is 3.74. The van der Waals surface area contributed by atoms with E-state index in [9.17, 15) is 14.4 Å². The lowest BCUT2D eigenvalue weighted by Gasteiger charge is -2.17. The van der Waals surface area contributed by atoms with Crippen molar-refractivity contribution in [2.24, 2.45) is 29.6 Å². The molecule has 4 aliphatic rings. The van der Waals surface area contributed by atoms with E-state index in [1.165, 1.54) is 4.90 Å². The molecule has 0 aromatic rings. The van der Waals surface area contributed by atoms with Gasteiger partial charge in [-0.25, -0.2) is 0 Å². The Labute approximate surface area is 136 Å². The second kappa shape index (κ2) is 5.77. The van der Waals surface area contributed by atoms with Crippen LogP contribution in [0.4, 0.5) is 0 Å². The number of allylic oxidation sites excluding steroid dienone is 2. The summed E-state index contributed by atoms with van der Waals surface area (Å²) in [6, 6.07) is 0. The quantitative estimate of drug-likeness (QED) is 0.475. The first kappa shape index (κ1) is 14.9. The zero-order valence-corrected chi connectivity index (χ0v) is 13.4. The number of carbonyl (C=O) groups excluding carboxylic acids is 3. The van der Waals surface area contributed by atoms with Crippen molar-refractivity contribution in [3.05, 3.63) is 12.2 Å². The van der Waals surface area contributed by atoms with E-state index in [0.717, 1.165) is 32.1 Å². The van der Waals surface area contributed by atoms with Gasteiger partial charge in [-0.05, 0) is 37.5 Å². The topological polar surface area (TPSA) is 66.5 Å². The summed E-state index contributed by atoms with van der Waals surface area (Å²) >= 11 is 0. The number of fused-ring (bicyclic) bond motifs is 5. The normalized spacial score (nSPS) is 35.4. The SMILES string of the molecule is O=C(NCCCN1C(=O)[C@@H]2[C@H](C1=O)[C@H]1C=C[C@H]2C1)C1CCCC1. The fourth-order valence-corrected chi connectivity index (χ4v) is 4.97. The van der Waals surface area contributed by atoms with Gasteiger partial charge in [-0.1, -0.05) is 25.0 Å². The number of likely N-dealkylation sites (tertiary alicyclic amines) is 1. The van der Waals surface area contributed by atoms with Crippen molar-refractivity contribution in [2.75, 3.05) is 13.1 Å². The Bertz CT molecular complexity index is 535. The van der Waals surface area contributed by atoms with Gasteiger partial charge < -0.3 is 5.32 Å². The van der Waals surface area contributed by atoms with Crippen molar-refractivity contribution < 1.29 is 14.4 Å². The Morgan fingerprint density at radius 2 is 1.70 bits per heavy atom. The second-order valence-electron chi connectivity index (χ2n) is 7.45. The predicted octanol–water partition coefficient (Wildman–Crippen LogP) is 1.49. The molecule has 124 valence electrons. The third-order valence-corrected chi connectivity index (χ3v) is 6.15. The van der Waals surface area contributed by atoms with Gasteiger partial charge >= 0.3 is 0 Å². The van der Waals surface area contributed by atoms with E-state index in [-0.39, 0.29) is 47.3 Å². The predicted molar refractivity (Wildman–Crippen MR) is 84.0 cm³/mol. The number of carbonyl (C=O) groups is 3. The monoisotopic (exact) mass is 316 g/mol. The Balaban J connectivity index is 1.26. The molecule has 1 N–H and O–H groups in total. The van der Waals surface area contributed by atoms with E-state index < -0.39 is 0 Å². The smallest absolute Gasteiger partial charge is 0.233 e. The van der Waals surface area contributed by atoms with E-state index in [4.69, 9.17) is 0 Å². The van der Waals surface area contributed by atoms with Gasteiger partial charge in [-0.3, -0.25) is 19.3 Å². The Hall–Kier alpha value is -1.65. The van der Waals surface area contributed by atoms with Crippen LogP contribution in [0.5, 0.6) is 0 Å². The summed E-state index contributed by atoms with van der Waals surface area (Å²) in [5.41, 5.74) is 0. The molecule has 4 atom stereocenters. The molecule has 3 fully saturated rings. The van der Waals surface area contributed by atoms with Crippen molar-refractivity contribution >= 4 is 17.7 Å². The second-order valence-corrected chi connectivity index (χ2v) is 7.45. The van der Waals surface area contributed by atoms with E-state index in [0.29, 0.717) is 19.5 Å². The molecule has 4 rings (SSSR count). The maximum Gasteiger partial charge on any atom is 0.233 e. The van der Waals surface area contributed by atoms with Crippen molar-refractivity contribution in [2.45, 2.75) is 38.5 Å². The van der Waals surface area contributed by atoms with Crippen molar-refractivity contribution in [1.29, 1.82) is 0 Å². The van der Waals surface area contributed by atoms with Gasteiger partial charge in [-0.15, -0.1) is 0 Å². The fraction of sp³-hybridized carbons (Fsp3) is 0.722. The third kappa shape index (κ3) is 2.41. The molecular weight excluding hydrogens is 292 g/mol. The summed E-state index contributed by atoms with van der Waals surface area (Å²) < 4.78 is 0. The molecule has 23 heavy (non-hydrogen) atoms. The average molecular weight is 316 g/mol. The van der Waals surface area contributed by atoms with Gasteiger partial charge in [0.2, 0.25) is 17.7 Å². The first-order chi connectivity index (χ1) is 11.2. The standard InChI is InChI=1S/C18H24N2O3/c21-16(11-4-1-2-5-11)19-8-3-9-20-17(22)14-12-6-7-13(10-12)15(14)18(20)23/h6-7,11-15H,1-5,8-10H2,(H,19,21)/t12-,13-,14-,15+/m0/s1. The fourth-order valence-electron chi connectivity index (χ4n) is 4.97. The minimum atomic E-state index is -0.106. The van der Waals surface area contributed by atoms with E-state index >= 15 is 0 Å². The van der Waals surface area contributed by atoms with Gasteiger partial charge in [0.1, 0.15) is 0 Å². The summed E-state index contributed by atoms with van der Waals surface area (Å²) in [5, 5.41) is 2.96. The highest BCUT2D eigenvalue weighted by Crippen LogP contribution is 2.52. The minimum Gasteiger partial charge on any atom is -0.356 e. The highest BCUT2D eigenvalue weighted by molar-refractivity contribution is 6.06. The van der Waals surface area contributed by atoms with E-state index in [1.54, 1.807) is 0 Å². The third-order valence-electron chi connectivity index (χ3n) is 6.15. The average Bonchev–Trinajstić information content (AvgIpc) is 3.30. The minimum absolute atomic E-state index is 0.0129. The summed E-state index contributed by atoms with van der Waals surface area (Å²) in [6.45, 7) is 0.988. The number of hydrogen-bond acceptors (Lipinski definition) is 3. The van der Waals surface area contributed by atoms with Crippen LogP contribution in [0.25, 0.3) is 0 Å². The summed E-state index contributed by atoms with van der Waals surface area (Å²) in [5.74, 6) is 0.669. The first-order valence-electron chi connectivity index (χ1n) is 8.98. The number of hydrogen-bond donors (Lipinski definition) is 1. The van der Waals surface area contributed by atoms with Crippen LogP contribution in [-0.2, 0) is 14.4 Å². The maximum atomic E-state index is 12.5. The molecule has 0 radical (unpaired) electrons. The molecule has 0 unspecified atom stereocenters. The summed E-state index contributed by atoms with van der Waals surface area (Å²) in [4.78, 5) is 38.4. The van der Waals surface area contributed by atoms with Gasteiger partial charge in [-0.2, -0.15) is 0 Å². The van der Waals surface area contributed by atoms with Crippen molar-refractivity contribution in [3.63, 3.8) is 0 Å². The number of nitrogens with one attached hydrogen (secondary N) is 1. The molecule has 1 aliphatic heterocycles. The molecule has 3 aliphatic carbocycles. The van der Waals surface area contributed by atoms with Crippen LogP contribution in [0, 0.1) is 29.6 Å². The highest BCUT2D eigenvalue weighted by Gasteiger charge is 2.58. The maximum absolute atomic E-state index is 12.5. The van der Waals surface area contributed by atoms with Crippen LogP contribution in [-0.4, -0.2) is 35.7 Å². The van der Waals surface area contributed by atoms with Crippen LogP contribution in [0.2, 0.25) is 0 Å². The van der Waals surface area contributed by atoms with Gasteiger partial charge in [0, 0.05) is 19.0 Å². The molecule has 2 bridgehead atoms. The van der Waals surface area contributed by atoms with Gasteiger partial charge in [0.15, 0.2) is 0 Å². The Morgan fingerprint density at radius 3 is 2.30 bits per heavy atom. The Morgan fingerprint density at radius 1 is 1.09 bits per heavy atom. The van der Waals surface area contributed by atoms with Crippen LogP contribution >= 0.6 is 0 Å². The van der Waals surface area contributed by atoms with Crippen LogP contribution in [0.1, 0.15) is 38.5 Å². The number of nitrogens with zero attached hydrogens (tertiary/aromatic N) is 1. The lowest BCUT2D eigenvalue weighted by Crippen LogP contribution is -2.36. The molecule has 1 heterocycles. The molecular formula is C18H24N2O3. The molecule has 0 aromatic heterocycles. The summed E-state index contributed by atoms with van der Waals surface area (Å²) in [6.07, 6.45) is 10.1. The molecule has 5 nitrogen and oxygen atoms in total. The van der Waals surface area contributed by atoms with Crippen LogP contribution in [0.15, 0.2) is 12.2 Å². The molecule has 1 saturated heterocycles. The zero-order chi connectivity index (χ0) is 16.0. The molecule has 3 amide bonds. The highest BCUT2D eigenvalue weighted by atomic mass is 16.2. The number of amides is 3. The largest absolute Gasteiger partial charge is 0.356 e. The molecule has 5 heteroatoms. The molecule has 0 spiro atoms. The molecule has 0 aromatic carbocycles. The van der Waals surface area contributed by atoms with Gasteiger partial charge in [0.05, 0.1) is 11.8 Å². The zero-order valence-electron chi connectivity index (χ0n) is 13.4. The lowest BCUT2D eigenvalue weighted by atomic mass is 9.85. The van der Waals surface area contributed by atoms with Crippen molar-refractivity contribution in [3.8, 4) is 0 Å². The first-order valence-corrected chi connectivity index (χ1v) is 8.98. The lowest BCUT2D eigenvalue weighted by molar-refractivity contribution is -0.140. The van der Waals surface area contributed by atoms with Crippen molar-refractivity contribution in [1.82, 2.24) is 10.2 Å². The number of imide groups is 1. The van der Waals surface area contributed by atoms with Gasteiger partial charge in [0.25, 0.3) is 0 Å². The number of rotatable bonds is 5. The van der Waals surface area contributed by atoms with E-state index in [2.05, 4.69) is 17.5 Å². The van der Waals surface area contributed by atoms with E-state index in [1.807, 2.05) is 0 Å². The van der Waals surface area contributed by atoms with Crippen LogP contribution in [0.3, 0.4) is 0 Å². The van der Waals surface area contributed by atoms with Crippen LogP contribution < -0.4 is 5.32 Å². The summed E-state index contributed by atoms with van der Waals surface area (Å²) in [7, 11) is 0. The molecule has 2 saturated carbocycles.